The summed E-state index contributed by atoms with van der Waals surface area (Å²) >= 11 is 0. The van der Waals surface area contributed by atoms with Crippen molar-refractivity contribution in [3.63, 3.8) is 0 Å². The van der Waals surface area contributed by atoms with Gasteiger partial charge in [-0.3, -0.25) is 0 Å². The predicted octanol–water partition coefficient (Wildman–Crippen LogP) is 1.65. The van der Waals surface area contributed by atoms with Crippen molar-refractivity contribution in [1.82, 2.24) is 5.53 Å². The van der Waals surface area contributed by atoms with E-state index in [0.717, 1.165) is 17.0 Å². The third kappa shape index (κ3) is 1.37. The maximum atomic E-state index is 5.23. The van der Waals surface area contributed by atoms with Gasteiger partial charge < -0.3 is 4.74 Å². The molecule has 5 heteroatoms. The van der Waals surface area contributed by atoms with E-state index < -0.39 is 0 Å². The van der Waals surface area contributed by atoms with E-state index >= 15 is 0 Å². The van der Waals surface area contributed by atoms with Crippen LogP contribution in [0, 0.1) is 6.92 Å². The number of hydrogen-bond donors (Lipinski definition) is 1. The van der Waals surface area contributed by atoms with Crippen molar-refractivity contribution in [2.45, 2.75) is 6.92 Å². The Bertz CT molecular complexity index is 356. The number of nitrogens with one attached hydrogen (secondary N) is 1. The molecule has 0 fully saturated rings. The van der Waals surface area contributed by atoms with E-state index in [2.05, 4.69) is 15.9 Å². The van der Waals surface area contributed by atoms with Crippen LogP contribution in [0.1, 0.15) is 5.56 Å². The van der Waals surface area contributed by atoms with Gasteiger partial charge in [-0.2, -0.15) is 5.53 Å². The summed E-state index contributed by atoms with van der Waals surface area (Å²) in [6.45, 7) is 2.54. The largest absolute Gasteiger partial charge is 0.496 e. The summed E-state index contributed by atoms with van der Waals surface area (Å²) in [5.74, 6) is 0.871. The highest BCUT2D eigenvalue weighted by Gasteiger charge is 2.13. The zero-order valence-corrected chi connectivity index (χ0v) is 8.19. The first kappa shape index (κ1) is 8.80. The summed E-state index contributed by atoms with van der Waals surface area (Å²) < 4.78 is 5.23. The quantitative estimate of drug-likeness (QED) is 0.775. The molecule has 0 aliphatic carbocycles. The molecular formula is C9H12N4O. The molecule has 14 heavy (non-hydrogen) atoms. The zero-order valence-electron chi connectivity index (χ0n) is 8.19. The number of methoxy groups -OCH3 is 1. The van der Waals surface area contributed by atoms with Gasteiger partial charge in [0.05, 0.1) is 12.8 Å². The second-order valence-electron chi connectivity index (χ2n) is 3.02. The summed E-state index contributed by atoms with van der Waals surface area (Å²) in [6, 6.07) is 5.88. The summed E-state index contributed by atoms with van der Waals surface area (Å²) in [4.78, 5) is 0. The van der Waals surface area contributed by atoms with Gasteiger partial charge in [0, 0.05) is 5.56 Å². The molecule has 0 bridgehead atoms. The molecule has 0 spiro atoms. The molecular weight excluding hydrogens is 180 g/mol. The van der Waals surface area contributed by atoms with Crippen molar-refractivity contribution < 1.29 is 4.74 Å². The van der Waals surface area contributed by atoms with Crippen molar-refractivity contribution in [1.29, 1.82) is 0 Å². The maximum absolute atomic E-state index is 5.23. The number of nitrogens with zero attached hydrogens (tertiary/aromatic N) is 3. The first-order chi connectivity index (χ1) is 6.83. The lowest BCUT2D eigenvalue weighted by atomic mass is 10.2. The van der Waals surface area contributed by atoms with Crippen LogP contribution in [0.5, 0.6) is 5.75 Å². The number of rotatable bonds is 2. The smallest absolute Gasteiger partial charge is 0.154 e. The average Bonchev–Trinajstić information content (AvgIpc) is 2.71. The van der Waals surface area contributed by atoms with Gasteiger partial charge in [0.2, 0.25) is 0 Å². The minimum Gasteiger partial charge on any atom is -0.496 e. The predicted molar refractivity (Wildman–Crippen MR) is 53.1 cm³/mol. The molecule has 0 saturated carbocycles. The van der Waals surface area contributed by atoms with Gasteiger partial charge >= 0.3 is 0 Å². The van der Waals surface area contributed by atoms with E-state index in [1.165, 1.54) is 0 Å². The lowest BCUT2D eigenvalue weighted by molar-refractivity contribution is 0.411. The normalized spacial score (nSPS) is 14.3. The van der Waals surface area contributed by atoms with Gasteiger partial charge in [-0.1, -0.05) is 11.3 Å². The minimum absolute atomic E-state index is 0.536. The number of anilines is 1. The van der Waals surface area contributed by atoms with Gasteiger partial charge in [-0.15, -0.1) is 5.11 Å². The molecule has 0 radical (unpaired) electrons. The van der Waals surface area contributed by atoms with E-state index in [1.54, 1.807) is 7.11 Å². The highest BCUT2D eigenvalue weighted by Crippen LogP contribution is 2.27. The Labute approximate surface area is 82.3 Å². The summed E-state index contributed by atoms with van der Waals surface area (Å²) in [5.41, 5.74) is 4.92. The third-order valence-corrected chi connectivity index (χ3v) is 2.21. The van der Waals surface area contributed by atoms with Gasteiger partial charge in [0.25, 0.3) is 0 Å². The van der Waals surface area contributed by atoms with Crippen LogP contribution in [-0.2, 0) is 0 Å². The topological polar surface area (TPSA) is 49.2 Å². The molecule has 0 aromatic heterocycles. The fourth-order valence-corrected chi connectivity index (χ4v) is 1.46. The average molecular weight is 192 g/mol. The molecule has 1 aliphatic rings. The van der Waals surface area contributed by atoms with Crippen molar-refractivity contribution in [2.75, 3.05) is 18.8 Å². The molecule has 74 valence electrons. The van der Waals surface area contributed by atoms with Crippen LogP contribution in [0.4, 0.5) is 5.69 Å². The highest BCUT2D eigenvalue weighted by molar-refractivity contribution is 5.58. The summed E-state index contributed by atoms with van der Waals surface area (Å²) in [5, 5.41) is 9.39. The van der Waals surface area contributed by atoms with Gasteiger partial charge in [-0.05, 0) is 19.1 Å². The summed E-state index contributed by atoms with van der Waals surface area (Å²) in [7, 11) is 1.66. The first-order valence-corrected chi connectivity index (χ1v) is 4.36. The number of benzene rings is 1. The summed E-state index contributed by atoms with van der Waals surface area (Å²) in [6.07, 6.45) is 0. The Morgan fingerprint density at radius 1 is 1.50 bits per heavy atom. The molecule has 2 rings (SSSR count). The van der Waals surface area contributed by atoms with Crippen molar-refractivity contribution >= 4 is 5.69 Å². The Morgan fingerprint density at radius 2 is 2.36 bits per heavy atom. The van der Waals surface area contributed by atoms with Crippen LogP contribution in [0.2, 0.25) is 0 Å². The molecule has 1 aromatic rings. The van der Waals surface area contributed by atoms with E-state index in [-0.39, 0.29) is 0 Å². The second kappa shape index (κ2) is 3.53. The lowest BCUT2D eigenvalue weighted by Crippen LogP contribution is -2.29. The first-order valence-electron chi connectivity index (χ1n) is 4.36. The van der Waals surface area contributed by atoms with Crippen LogP contribution in [0.25, 0.3) is 0 Å². The number of ether oxygens (including phenoxy) is 1. The van der Waals surface area contributed by atoms with Gasteiger partial charge in [0.15, 0.2) is 6.67 Å². The van der Waals surface area contributed by atoms with E-state index in [1.807, 2.05) is 30.1 Å². The van der Waals surface area contributed by atoms with E-state index in [0.29, 0.717) is 6.67 Å². The Morgan fingerprint density at radius 3 is 3.00 bits per heavy atom. The molecule has 0 atom stereocenters. The van der Waals surface area contributed by atoms with Gasteiger partial charge in [-0.25, -0.2) is 5.01 Å². The van der Waals surface area contributed by atoms with Crippen molar-refractivity contribution in [3.05, 3.63) is 23.8 Å². The maximum Gasteiger partial charge on any atom is 0.154 e. The molecule has 1 aliphatic heterocycles. The number of hydrogen-bond acceptors (Lipinski definition) is 5. The Balaban J connectivity index is 2.33. The Kier molecular flexibility index (Phi) is 2.22. The standard InChI is InChI=1S/C9H12N4O/c1-7-8(13-6-10-11-12-13)4-3-5-9(7)14-2/h3-5H,6H2,1-2H3,(H,10,12). The van der Waals surface area contributed by atoms with Crippen LogP contribution in [-0.4, -0.2) is 13.8 Å². The van der Waals surface area contributed by atoms with Crippen molar-refractivity contribution in [2.24, 2.45) is 10.3 Å². The molecule has 1 heterocycles. The molecule has 0 unspecified atom stereocenters. The Hall–Kier alpha value is -1.78. The molecule has 0 amide bonds. The second-order valence-corrected chi connectivity index (χ2v) is 3.02. The lowest BCUT2D eigenvalue weighted by Gasteiger charge is -2.18. The highest BCUT2D eigenvalue weighted by atomic mass is 16.5. The van der Waals surface area contributed by atoms with Crippen molar-refractivity contribution in [3.8, 4) is 5.75 Å². The van der Waals surface area contributed by atoms with Crippen LogP contribution in [0.15, 0.2) is 28.5 Å². The number of hydrazine groups is 1. The zero-order chi connectivity index (χ0) is 9.97. The SMILES string of the molecule is COc1cccc(N2CN=NN2)c1C. The van der Waals surface area contributed by atoms with Crippen LogP contribution >= 0.6 is 0 Å². The monoisotopic (exact) mass is 192 g/mol. The molecule has 0 saturated heterocycles. The molecule has 5 nitrogen and oxygen atoms in total. The van der Waals surface area contributed by atoms with E-state index in [4.69, 9.17) is 4.74 Å². The minimum atomic E-state index is 0.536. The molecule has 1 aromatic carbocycles. The van der Waals surface area contributed by atoms with E-state index in [9.17, 15) is 0 Å². The van der Waals surface area contributed by atoms with Crippen LogP contribution < -0.4 is 15.3 Å². The fraction of sp³-hybridized carbons (Fsp3) is 0.333. The molecule has 1 N–H and O–H groups in total. The van der Waals surface area contributed by atoms with Crippen LogP contribution in [0.3, 0.4) is 0 Å². The van der Waals surface area contributed by atoms with Gasteiger partial charge in [0.1, 0.15) is 5.75 Å². The third-order valence-electron chi connectivity index (χ3n) is 2.21. The fourth-order valence-electron chi connectivity index (χ4n) is 1.46.